The van der Waals surface area contributed by atoms with E-state index in [1.54, 1.807) is 24.3 Å². The van der Waals surface area contributed by atoms with Crippen molar-refractivity contribution in [2.45, 2.75) is 38.6 Å². The Kier molecular flexibility index (Phi) is 6.30. The van der Waals surface area contributed by atoms with E-state index in [0.29, 0.717) is 11.3 Å². The van der Waals surface area contributed by atoms with Gasteiger partial charge in [0.2, 0.25) is 5.91 Å². The van der Waals surface area contributed by atoms with Gasteiger partial charge >= 0.3 is 0 Å². The Labute approximate surface area is 170 Å². The molecular weight excluding hydrogens is 364 g/mol. The molecular formula is C23H24N4O2. The zero-order valence-electron chi connectivity index (χ0n) is 16.4. The maximum atomic E-state index is 12.5. The van der Waals surface area contributed by atoms with Crippen molar-refractivity contribution in [2.24, 2.45) is 5.73 Å². The fourth-order valence-electron chi connectivity index (χ4n) is 3.42. The first-order valence-electron chi connectivity index (χ1n) is 9.67. The van der Waals surface area contributed by atoms with Gasteiger partial charge in [-0.05, 0) is 73.6 Å². The number of anilines is 1. The number of hydrogen-bond acceptors (Lipinski definition) is 4. The minimum atomic E-state index is -0.514. The fraction of sp³-hybridized carbons (Fsp3) is 0.261. The van der Waals surface area contributed by atoms with Crippen LogP contribution in [0.5, 0.6) is 0 Å². The summed E-state index contributed by atoms with van der Waals surface area (Å²) >= 11 is 0. The van der Waals surface area contributed by atoms with Gasteiger partial charge < -0.3 is 16.4 Å². The standard InChI is InChI=1S/C23H24N4O2/c1-15(18-7-6-16-4-2-3-5-19(16)12-18)27-23(29)20(13-24)14-26-21-10-8-17(9-11-21)22(25)28/h6-12,14-15,26H,2-5H2,1H3,(H2,25,28)(H,27,29)/b20-14-. The van der Waals surface area contributed by atoms with Crippen LogP contribution in [0.1, 0.15) is 52.9 Å². The molecule has 0 bridgehead atoms. The Hall–Kier alpha value is -3.59. The molecule has 0 saturated heterocycles. The molecule has 1 aliphatic rings. The first-order valence-corrected chi connectivity index (χ1v) is 9.67. The maximum absolute atomic E-state index is 12.5. The van der Waals surface area contributed by atoms with Crippen LogP contribution < -0.4 is 16.4 Å². The smallest absolute Gasteiger partial charge is 0.263 e. The zero-order valence-corrected chi connectivity index (χ0v) is 16.4. The molecule has 4 N–H and O–H groups in total. The van der Waals surface area contributed by atoms with Crippen molar-refractivity contribution in [2.75, 3.05) is 5.32 Å². The number of primary amides is 1. The lowest BCUT2D eigenvalue weighted by Gasteiger charge is -2.20. The second-order valence-corrected chi connectivity index (χ2v) is 7.19. The summed E-state index contributed by atoms with van der Waals surface area (Å²) < 4.78 is 0. The lowest BCUT2D eigenvalue weighted by atomic mass is 9.89. The number of aryl methyl sites for hydroxylation is 2. The molecule has 0 radical (unpaired) electrons. The van der Waals surface area contributed by atoms with Crippen molar-refractivity contribution in [3.63, 3.8) is 0 Å². The summed E-state index contributed by atoms with van der Waals surface area (Å²) in [5.74, 6) is -0.959. The van der Waals surface area contributed by atoms with Gasteiger partial charge in [0.05, 0.1) is 6.04 Å². The first kappa shape index (κ1) is 20.2. The van der Waals surface area contributed by atoms with E-state index in [0.717, 1.165) is 18.4 Å². The number of nitrogens with zero attached hydrogens (tertiary/aromatic N) is 1. The number of nitriles is 1. The van der Waals surface area contributed by atoms with Gasteiger partial charge in [-0.15, -0.1) is 0 Å². The van der Waals surface area contributed by atoms with E-state index in [9.17, 15) is 14.9 Å². The number of nitrogens with two attached hydrogens (primary N) is 1. The van der Waals surface area contributed by atoms with E-state index in [1.165, 1.54) is 30.2 Å². The highest BCUT2D eigenvalue weighted by atomic mass is 16.2. The Morgan fingerprint density at radius 1 is 1.10 bits per heavy atom. The number of carbonyl (C=O) groups is 2. The van der Waals surface area contributed by atoms with Crippen LogP contribution in [0.3, 0.4) is 0 Å². The van der Waals surface area contributed by atoms with Crippen LogP contribution in [-0.4, -0.2) is 11.8 Å². The van der Waals surface area contributed by atoms with Crippen molar-refractivity contribution in [3.8, 4) is 6.07 Å². The second-order valence-electron chi connectivity index (χ2n) is 7.19. The summed E-state index contributed by atoms with van der Waals surface area (Å²) in [7, 11) is 0. The molecule has 2 amide bonds. The van der Waals surface area contributed by atoms with Crippen molar-refractivity contribution in [1.29, 1.82) is 5.26 Å². The molecule has 2 aromatic rings. The van der Waals surface area contributed by atoms with Gasteiger partial charge in [0.15, 0.2) is 0 Å². The molecule has 0 aromatic heterocycles. The van der Waals surface area contributed by atoms with Crippen molar-refractivity contribution in [1.82, 2.24) is 5.32 Å². The maximum Gasteiger partial charge on any atom is 0.263 e. The topological polar surface area (TPSA) is 108 Å². The lowest BCUT2D eigenvalue weighted by Crippen LogP contribution is -2.28. The molecule has 1 aliphatic carbocycles. The number of rotatable bonds is 6. The first-order chi connectivity index (χ1) is 14.0. The second kappa shape index (κ2) is 9.07. The Morgan fingerprint density at radius 3 is 2.45 bits per heavy atom. The zero-order chi connectivity index (χ0) is 20.8. The van der Waals surface area contributed by atoms with Crippen LogP contribution in [0.15, 0.2) is 54.2 Å². The van der Waals surface area contributed by atoms with Crippen molar-refractivity contribution in [3.05, 3.63) is 76.5 Å². The highest BCUT2D eigenvalue weighted by Crippen LogP contribution is 2.25. The van der Waals surface area contributed by atoms with E-state index in [4.69, 9.17) is 5.73 Å². The molecule has 2 aromatic carbocycles. The number of carbonyl (C=O) groups excluding carboxylic acids is 2. The van der Waals surface area contributed by atoms with Gasteiger partial charge in [-0.3, -0.25) is 9.59 Å². The van der Waals surface area contributed by atoms with Crippen LogP contribution >= 0.6 is 0 Å². The van der Waals surface area contributed by atoms with E-state index in [1.807, 2.05) is 19.1 Å². The van der Waals surface area contributed by atoms with Crippen LogP contribution in [0.2, 0.25) is 0 Å². The van der Waals surface area contributed by atoms with E-state index in [-0.39, 0.29) is 11.6 Å². The normalized spacial score (nSPS) is 14.3. The SMILES string of the molecule is CC(NC(=O)/C(C#N)=C\Nc1ccc(C(N)=O)cc1)c1ccc2c(c1)CCCC2. The Bertz CT molecular complexity index is 987. The number of amides is 2. The average molecular weight is 388 g/mol. The number of nitrogens with one attached hydrogen (secondary N) is 2. The third-order valence-corrected chi connectivity index (χ3v) is 5.14. The van der Waals surface area contributed by atoms with Crippen molar-refractivity contribution < 1.29 is 9.59 Å². The number of benzene rings is 2. The van der Waals surface area contributed by atoms with Gasteiger partial charge in [0.1, 0.15) is 11.6 Å². The highest BCUT2D eigenvalue weighted by molar-refractivity contribution is 5.97. The monoisotopic (exact) mass is 388 g/mol. The summed E-state index contributed by atoms with van der Waals surface area (Å²) in [4.78, 5) is 23.6. The van der Waals surface area contributed by atoms with E-state index >= 15 is 0 Å². The lowest BCUT2D eigenvalue weighted by molar-refractivity contribution is -0.117. The van der Waals surface area contributed by atoms with Gasteiger partial charge in [-0.25, -0.2) is 0 Å². The van der Waals surface area contributed by atoms with Crippen LogP contribution in [0, 0.1) is 11.3 Å². The molecule has 6 heteroatoms. The minimum Gasteiger partial charge on any atom is -0.366 e. The average Bonchev–Trinajstić information content (AvgIpc) is 2.74. The molecule has 6 nitrogen and oxygen atoms in total. The third-order valence-electron chi connectivity index (χ3n) is 5.14. The van der Waals surface area contributed by atoms with Crippen LogP contribution in [0.4, 0.5) is 5.69 Å². The number of hydrogen-bond donors (Lipinski definition) is 3. The summed E-state index contributed by atoms with van der Waals surface area (Å²) in [6, 6.07) is 14.5. The summed E-state index contributed by atoms with van der Waals surface area (Å²) in [5.41, 5.74) is 9.98. The van der Waals surface area contributed by atoms with Gasteiger partial charge in [0.25, 0.3) is 5.91 Å². The molecule has 1 atom stereocenters. The van der Waals surface area contributed by atoms with Crippen molar-refractivity contribution >= 4 is 17.5 Å². The van der Waals surface area contributed by atoms with E-state index < -0.39 is 11.8 Å². The van der Waals surface area contributed by atoms with Gasteiger partial charge in [0, 0.05) is 17.5 Å². The molecule has 1 unspecified atom stereocenters. The molecule has 29 heavy (non-hydrogen) atoms. The van der Waals surface area contributed by atoms with E-state index in [2.05, 4.69) is 22.8 Å². The quantitative estimate of drug-likeness (QED) is 0.521. The molecule has 0 heterocycles. The molecule has 148 valence electrons. The summed E-state index contributed by atoms with van der Waals surface area (Å²) in [6.07, 6.45) is 5.97. The third kappa shape index (κ3) is 5.02. The highest BCUT2D eigenvalue weighted by Gasteiger charge is 2.16. The Balaban J connectivity index is 1.65. The van der Waals surface area contributed by atoms with Crippen LogP contribution in [0.25, 0.3) is 0 Å². The molecule has 0 aliphatic heterocycles. The summed E-state index contributed by atoms with van der Waals surface area (Å²) in [6.45, 7) is 1.91. The Morgan fingerprint density at radius 2 is 1.79 bits per heavy atom. The number of fused-ring (bicyclic) bond motifs is 1. The fourth-order valence-corrected chi connectivity index (χ4v) is 3.42. The predicted molar refractivity (Wildman–Crippen MR) is 112 cm³/mol. The van der Waals surface area contributed by atoms with Gasteiger partial charge in [-0.2, -0.15) is 5.26 Å². The molecule has 0 saturated carbocycles. The largest absolute Gasteiger partial charge is 0.366 e. The minimum absolute atomic E-state index is 0.0335. The molecule has 0 spiro atoms. The van der Waals surface area contributed by atoms with Crippen LogP contribution in [-0.2, 0) is 17.6 Å². The predicted octanol–water partition coefficient (Wildman–Crippen LogP) is 3.36. The van der Waals surface area contributed by atoms with Gasteiger partial charge in [-0.1, -0.05) is 18.2 Å². The molecule has 0 fully saturated rings. The summed E-state index contributed by atoms with van der Waals surface area (Å²) in [5, 5.41) is 15.1. The molecule has 3 rings (SSSR count).